The number of hydrogen-bond donors (Lipinski definition) is 1. The first-order valence-corrected chi connectivity index (χ1v) is 5.90. The first kappa shape index (κ1) is 11.1. The molecule has 82 valence electrons. The summed E-state index contributed by atoms with van der Waals surface area (Å²) >= 11 is 7.28. The predicted octanol–water partition coefficient (Wildman–Crippen LogP) is 3.42. The van der Waals surface area contributed by atoms with Crippen LogP contribution in [0.2, 0.25) is 5.02 Å². The van der Waals surface area contributed by atoms with E-state index in [1.165, 1.54) is 18.3 Å². The van der Waals surface area contributed by atoms with Crippen molar-refractivity contribution in [1.29, 1.82) is 0 Å². The number of rotatable bonds is 2. The number of aromatic nitrogens is 1. The van der Waals surface area contributed by atoms with Gasteiger partial charge in [-0.2, -0.15) is 0 Å². The van der Waals surface area contributed by atoms with E-state index in [1.54, 1.807) is 0 Å². The molecule has 1 aromatic heterocycles. The predicted molar refractivity (Wildman–Crippen MR) is 66.9 cm³/mol. The fourth-order valence-electron chi connectivity index (χ4n) is 1.24. The molecule has 1 aromatic carbocycles. The Balaban J connectivity index is 2.24. The Morgan fingerprint density at radius 1 is 1.38 bits per heavy atom. The van der Waals surface area contributed by atoms with Crippen molar-refractivity contribution in [1.82, 2.24) is 4.98 Å². The maximum Gasteiger partial charge on any atom is 0.222 e. The highest BCUT2D eigenvalue weighted by molar-refractivity contribution is 7.13. The maximum absolute atomic E-state index is 10.8. The van der Waals surface area contributed by atoms with Gasteiger partial charge < -0.3 is 5.32 Å². The Kier molecular flexibility index (Phi) is 3.22. The molecule has 0 aliphatic heterocycles. The van der Waals surface area contributed by atoms with Crippen LogP contribution in [0.5, 0.6) is 0 Å². The lowest BCUT2D eigenvalue weighted by Crippen LogP contribution is -2.05. The van der Waals surface area contributed by atoms with Crippen LogP contribution < -0.4 is 5.32 Å². The van der Waals surface area contributed by atoms with E-state index in [-0.39, 0.29) is 5.91 Å². The Hall–Kier alpha value is -1.39. The molecule has 16 heavy (non-hydrogen) atoms. The van der Waals surface area contributed by atoms with Crippen molar-refractivity contribution in [3.63, 3.8) is 0 Å². The number of carbonyl (C=O) groups is 1. The van der Waals surface area contributed by atoms with Gasteiger partial charge in [-0.1, -0.05) is 23.7 Å². The number of anilines is 1. The van der Waals surface area contributed by atoms with Gasteiger partial charge in [0.25, 0.3) is 0 Å². The average molecular weight is 253 g/mol. The Morgan fingerprint density at radius 2 is 2.06 bits per heavy atom. The zero-order chi connectivity index (χ0) is 11.5. The first-order chi connectivity index (χ1) is 7.65. The van der Waals surface area contributed by atoms with E-state index < -0.39 is 0 Å². The lowest BCUT2D eigenvalue weighted by molar-refractivity contribution is -0.114. The van der Waals surface area contributed by atoms with Crippen LogP contribution in [-0.2, 0) is 4.79 Å². The van der Waals surface area contributed by atoms with Gasteiger partial charge in [0.2, 0.25) is 5.91 Å². The van der Waals surface area contributed by atoms with Gasteiger partial charge >= 0.3 is 0 Å². The first-order valence-electron chi connectivity index (χ1n) is 4.64. The second-order valence-corrected chi connectivity index (χ2v) is 4.52. The van der Waals surface area contributed by atoms with Crippen LogP contribution in [0.1, 0.15) is 6.92 Å². The summed E-state index contributed by atoms with van der Waals surface area (Å²) in [5, 5.41) is 6.01. The molecule has 0 bridgehead atoms. The third-order valence-corrected chi connectivity index (χ3v) is 3.04. The number of amides is 1. The molecule has 2 aromatic rings. The number of benzene rings is 1. The Morgan fingerprint density at radius 3 is 2.69 bits per heavy atom. The van der Waals surface area contributed by atoms with Crippen LogP contribution in [0.15, 0.2) is 29.6 Å². The molecule has 0 radical (unpaired) electrons. The van der Waals surface area contributed by atoms with Crippen LogP contribution in [0.4, 0.5) is 5.82 Å². The highest BCUT2D eigenvalue weighted by Gasteiger charge is 2.05. The van der Waals surface area contributed by atoms with Crippen LogP contribution in [0.25, 0.3) is 10.6 Å². The molecule has 0 saturated carbocycles. The molecule has 0 saturated heterocycles. The third kappa shape index (κ3) is 2.59. The number of nitrogens with zero attached hydrogens (tertiary/aromatic N) is 1. The van der Waals surface area contributed by atoms with Gasteiger partial charge in [-0.3, -0.25) is 4.79 Å². The molecule has 3 nitrogen and oxygen atoms in total. The van der Waals surface area contributed by atoms with Gasteiger partial charge in [0.05, 0.1) is 0 Å². The quantitative estimate of drug-likeness (QED) is 0.890. The number of carbonyl (C=O) groups excluding carboxylic acids is 1. The summed E-state index contributed by atoms with van der Waals surface area (Å²) in [6, 6.07) is 7.43. The normalized spacial score (nSPS) is 10.1. The molecule has 0 unspecified atom stereocenters. The molecule has 1 N–H and O–H groups in total. The van der Waals surface area contributed by atoms with Crippen LogP contribution in [0, 0.1) is 0 Å². The second-order valence-electron chi connectivity index (χ2n) is 3.23. The summed E-state index contributed by atoms with van der Waals surface area (Å²) in [5.41, 5.74) is 0.992. The van der Waals surface area contributed by atoms with Crippen molar-refractivity contribution >= 4 is 34.7 Å². The summed E-state index contributed by atoms with van der Waals surface area (Å²) in [5.74, 6) is 0.468. The molecule has 2 rings (SSSR count). The highest BCUT2D eigenvalue weighted by Crippen LogP contribution is 2.26. The zero-order valence-corrected chi connectivity index (χ0v) is 10.1. The smallest absolute Gasteiger partial charge is 0.222 e. The van der Waals surface area contributed by atoms with Gasteiger partial charge in [0, 0.05) is 22.9 Å². The minimum absolute atomic E-state index is 0.118. The maximum atomic E-state index is 10.8. The number of nitrogens with one attached hydrogen (secondary N) is 1. The van der Waals surface area contributed by atoms with Crippen molar-refractivity contribution in [3.8, 4) is 10.6 Å². The molecule has 0 aliphatic rings. The number of halogens is 1. The zero-order valence-electron chi connectivity index (χ0n) is 8.53. The van der Waals surface area contributed by atoms with Gasteiger partial charge in [-0.25, -0.2) is 4.98 Å². The summed E-state index contributed by atoms with van der Waals surface area (Å²) in [7, 11) is 0. The second kappa shape index (κ2) is 4.63. The summed E-state index contributed by atoms with van der Waals surface area (Å²) in [6.45, 7) is 1.46. The Labute approximate surface area is 102 Å². The fourth-order valence-corrected chi connectivity index (χ4v) is 2.12. The summed E-state index contributed by atoms with van der Waals surface area (Å²) in [4.78, 5) is 15.1. The van der Waals surface area contributed by atoms with E-state index in [4.69, 9.17) is 11.6 Å². The number of hydrogen-bond acceptors (Lipinski definition) is 3. The van der Waals surface area contributed by atoms with E-state index in [9.17, 15) is 4.79 Å². The molecule has 0 fully saturated rings. The molecule has 0 aliphatic carbocycles. The van der Waals surface area contributed by atoms with Gasteiger partial charge in [-0.15, -0.1) is 11.3 Å². The third-order valence-electron chi connectivity index (χ3n) is 1.90. The monoisotopic (exact) mass is 252 g/mol. The van der Waals surface area contributed by atoms with E-state index in [1.807, 2.05) is 29.6 Å². The SMILES string of the molecule is CC(=O)Nc1csc(-c2ccc(Cl)cc2)n1. The highest BCUT2D eigenvalue weighted by atomic mass is 35.5. The standard InChI is InChI=1S/C11H9ClN2OS/c1-7(15)13-10-6-16-11(14-10)8-2-4-9(12)5-3-8/h2-6H,1H3,(H,13,15). The topological polar surface area (TPSA) is 42.0 Å². The summed E-state index contributed by atoms with van der Waals surface area (Å²) < 4.78 is 0. The van der Waals surface area contributed by atoms with Crippen LogP contribution >= 0.6 is 22.9 Å². The van der Waals surface area contributed by atoms with Gasteiger partial charge in [0.15, 0.2) is 0 Å². The van der Waals surface area contributed by atoms with Crippen molar-refractivity contribution in [2.24, 2.45) is 0 Å². The minimum Gasteiger partial charge on any atom is -0.310 e. The van der Waals surface area contributed by atoms with E-state index in [0.29, 0.717) is 10.8 Å². The Bertz CT molecular complexity index is 507. The van der Waals surface area contributed by atoms with E-state index in [0.717, 1.165) is 10.6 Å². The average Bonchev–Trinajstić information content (AvgIpc) is 2.66. The van der Waals surface area contributed by atoms with Gasteiger partial charge in [-0.05, 0) is 12.1 Å². The lowest BCUT2D eigenvalue weighted by Gasteiger charge is -1.96. The molecule has 1 heterocycles. The molecule has 5 heteroatoms. The van der Waals surface area contributed by atoms with Crippen molar-refractivity contribution < 1.29 is 4.79 Å². The van der Waals surface area contributed by atoms with Crippen LogP contribution in [-0.4, -0.2) is 10.9 Å². The molecule has 0 atom stereocenters. The van der Waals surface area contributed by atoms with Crippen molar-refractivity contribution in [2.45, 2.75) is 6.92 Å². The fraction of sp³-hybridized carbons (Fsp3) is 0.0909. The van der Waals surface area contributed by atoms with Crippen molar-refractivity contribution in [2.75, 3.05) is 5.32 Å². The molecule has 1 amide bonds. The largest absolute Gasteiger partial charge is 0.310 e. The van der Waals surface area contributed by atoms with E-state index in [2.05, 4.69) is 10.3 Å². The lowest BCUT2D eigenvalue weighted by atomic mass is 10.2. The molecule has 0 spiro atoms. The number of thiazole rings is 1. The van der Waals surface area contributed by atoms with Crippen molar-refractivity contribution in [3.05, 3.63) is 34.7 Å². The van der Waals surface area contributed by atoms with E-state index >= 15 is 0 Å². The molecular formula is C11H9ClN2OS. The minimum atomic E-state index is -0.118. The summed E-state index contributed by atoms with van der Waals surface area (Å²) in [6.07, 6.45) is 0. The van der Waals surface area contributed by atoms with Crippen LogP contribution in [0.3, 0.4) is 0 Å². The van der Waals surface area contributed by atoms with Gasteiger partial charge in [0.1, 0.15) is 10.8 Å². The molecular weight excluding hydrogens is 244 g/mol.